The van der Waals surface area contributed by atoms with Gasteiger partial charge in [-0.1, -0.05) is 24.6 Å². The molecule has 0 bridgehead atoms. The summed E-state index contributed by atoms with van der Waals surface area (Å²) in [4.78, 5) is 11.4. The van der Waals surface area contributed by atoms with Crippen LogP contribution in [-0.4, -0.2) is 15.6 Å². The Labute approximate surface area is 118 Å². The van der Waals surface area contributed by atoms with Gasteiger partial charge in [-0.3, -0.25) is 9.48 Å². The first kappa shape index (κ1) is 13.8. The Morgan fingerprint density at radius 2 is 2.16 bits per heavy atom. The maximum absolute atomic E-state index is 11.4. The van der Waals surface area contributed by atoms with E-state index < -0.39 is 0 Å². The third-order valence-corrected chi connectivity index (χ3v) is 3.51. The van der Waals surface area contributed by atoms with Crippen LogP contribution in [0.4, 0.5) is 0 Å². The van der Waals surface area contributed by atoms with Crippen molar-refractivity contribution >= 4 is 17.4 Å². The Morgan fingerprint density at radius 3 is 2.74 bits per heavy atom. The normalized spacial score (nSPS) is 10.7. The number of rotatable bonds is 4. The van der Waals surface area contributed by atoms with Gasteiger partial charge in [-0.05, 0) is 38.0 Å². The number of nitrogens with zero attached hydrogens (tertiary/aromatic N) is 2. The molecule has 0 aliphatic heterocycles. The number of ketones is 1. The molecule has 0 amide bonds. The summed E-state index contributed by atoms with van der Waals surface area (Å²) in [6, 6.07) is 5.53. The van der Waals surface area contributed by atoms with Crippen LogP contribution in [0.3, 0.4) is 0 Å². The molecule has 19 heavy (non-hydrogen) atoms. The number of aromatic nitrogens is 2. The van der Waals surface area contributed by atoms with Crippen LogP contribution in [0, 0.1) is 6.92 Å². The molecular formula is C15H17ClN2O. The fraction of sp³-hybridized carbons (Fsp3) is 0.333. The van der Waals surface area contributed by atoms with Gasteiger partial charge in [0.15, 0.2) is 5.78 Å². The summed E-state index contributed by atoms with van der Waals surface area (Å²) in [5.41, 5.74) is 3.73. The van der Waals surface area contributed by atoms with Gasteiger partial charge in [0, 0.05) is 23.4 Å². The highest BCUT2D eigenvalue weighted by molar-refractivity contribution is 6.34. The van der Waals surface area contributed by atoms with Crippen molar-refractivity contribution in [3.05, 3.63) is 40.7 Å². The van der Waals surface area contributed by atoms with Crippen LogP contribution < -0.4 is 0 Å². The molecule has 0 aliphatic rings. The van der Waals surface area contributed by atoms with E-state index in [-0.39, 0.29) is 5.78 Å². The third-order valence-electron chi connectivity index (χ3n) is 3.20. The summed E-state index contributed by atoms with van der Waals surface area (Å²) in [5, 5.41) is 4.87. The van der Waals surface area contributed by atoms with Crippen molar-refractivity contribution in [1.29, 1.82) is 0 Å². The van der Waals surface area contributed by atoms with E-state index in [1.54, 1.807) is 6.07 Å². The molecule has 0 aliphatic carbocycles. The Balaban J connectivity index is 2.42. The molecule has 100 valence electrons. The lowest BCUT2D eigenvalue weighted by Crippen LogP contribution is -2.01. The fourth-order valence-corrected chi connectivity index (χ4v) is 2.45. The monoisotopic (exact) mass is 276 g/mol. The van der Waals surface area contributed by atoms with Crippen molar-refractivity contribution < 1.29 is 4.79 Å². The van der Waals surface area contributed by atoms with Crippen LogP contribution in [0.5, 0.6) is 0 Å². The molecule has 0 N–H and O–H groups in total. The molecule has 0 fully saturated rings. The fourth-order valence-electron chi connectivity index (χ4n) is 2.14. The van der Waals surface area contributed by atoms with Crippen molar-refractivity contribution in [2.45, 2.75) is 33.7 Å². The molecule has 0 radical (unpaired) electrons. The molecule has 2 aromatic rings. The van der Waals surface area contributed by atoms with E-state index >= 15 is 0 Å². The molecule has 0 spiro atoms. The van der Waals surface area contributed by atoms with Gasteiger partial charge in [0.1, 0.15) is 0 Å². The molecule has 0 saturated carbocycles. The van der Waals surface area contributed by atoms with Gasteiger partial charge in [0.05, 0.1) is 11.2 Å². The van der Waals surface area contributed by atoms with E-state index in [4.69, 9.17) is 11.6 Å². The lowest BCUT2D eigenvalue weighted by Gasteiger charge is -2.06. The zero-order valence-corrected chi connectivity index (χ0v) is 12.2. The number of carbonyl (C=O) groups is 1. The SMILES string of the molecule is CCCn1ncc(-c2ccc(C(C)=O)c(Cl)c2)c1C. The number of hydrogen-bond acceptors (Lipinski definition) is 2. The lowest BCUT2D eigenvalue weighted by atomic mass is 10.0. The first-order chi connectivity index (χ1) is 9.04. The zero-order chi connectivity index (χ0) is 14.0. The molecule has 0 atom stereocenters. The minimum Gasteiger partial charge on any atom is -0.294 e. The molecule has 3 nitrogen and oxygen atoms in total. The highest BCUT2D eigenvalue weighted by atomic mass is 35.5. The van der Waals surface area contributed by atoms with Crippen LogP contribution in [0.15, 0.2) is 24.4 Å². The average Bonchev–Trinajstić information content (AvgIpc) is 2.71. The van der Waals surface area contributed by atoms with Crippen LogP contribution in [0.2, 0.25) is 5.02 Å². The summed E-state index contributed by atoms with van der Waals surface area (Å²) in [7, 11) is 0. The van der Waals surface area contributed by atoms with Gasteiger partial charge in [-0.15, -0.1) is 0 Å². The second-order valence-electron chi connectivity index (χ2n) is 4.62. The van der Waals surface area contributed by atoms with Crippen molar-refractivity contribution in [3.8, 4) is 11.1 Å². The second-order valence-corrected chi connectivity index (χ2v) is 5.02. The van der Waals surface area contributed by atoms with Crippen LogP contribution >= 0.6 is 11.6 Å². The van der Waals surface area contributed by atoms with E-state index in [1.807, 2.05) is 29.9 Å². The molecule has 1 aromatic heterocycles. The van der Waals surface area contributed by atoms with Gasteiger partial charge < -0.3 is 0 Å². The quantitative estimate of drug-likeness (QED) is 0.787. The first-order valence-corrected chi connectivity index (χ1v) is 6.75. The predicted octanol–water partition coefficient (Wildman–Crippen LogP) is 4.12. The highest BCUT2D eigenvalue weighted by Gasteiger charge is 2.11. The number of carbonyl (C=O) groups excluding carboxylic acids is 1. The molecule has 1 heterocycles. The van der Waals surface area contributed by atoms with Gasteiger partial charge in [0.2, 0.25) is 0 Å². The Morgan fingerprint density at radius 1 is 1.42 bits per heavy atom. The van der Waals surface area contributed by atoms with Crippen LogP contribution in [0.25, 0.3) is 11.1 Å². The van der Waals surface area contributed by atoms with Gasteiger partial charge in [-0.25, -0.2) is 0 Å². The molecule has 4 heteroatoms. The van der Waals surface area contributed by atoms with E-state index in [2.05, 4.69) is 12.0 Å². The summed E-state index contributed by atoms with van der Waals surface area (Å²) in [6.45, 7) is 6.60. The maximum Gasteiger partial charge on any atom is 0.161 e. The molecular weight excluding hydrogens is 260 g/mol. The van der Waals surface area contributed by atoms with E-state index in [0.717, 1.165) is 29.8 Å². The summed E-state index contributed by atoms with van der Waals surface area (Å²) in [6.07, 6.45) is 2.90. The third kappa shape index (κ3) is 2.71. The van der Waals surface area contributed by atoms with Gasteiger partial charge >= 0.3 is 0 Å². The summed E-state index contributed by atoms with van der Waals surface area (Å²) in [5.74, 6) is -0.0186. The second kappa shape index (κ2) is 5.57. The molecule has 0 saturated heterocycles. The highest BCUT2D eigenvalue weighted by Crippen LogP contribution is 2.28. The Bertz CT molecular complexity index is 617. The number of benzene rings is 1. The topological polar surface area (TPSA) is 34.9 Å². The van der Waals surface area contributed by atoms with E-state index in [1.165, 1.54) is 6.92 Å². The average molecular weight is 277 g/mol. The largest absolute Gasteiger partial charge is 0.294 e. The summed E-state index contributed by atoms with van der Waals surface area (Å²) < 4.78 is 1.99. The molecule has 0 unspecified atom stereocenters. The van der Waals surface area contributed by atoms with Gasteiger partial charge in [0.25, 0.3) is 0 Å². The number of aryl methyl sites for hydroxylation is 1. The Hall–Kier alpha value is -1.61. The van der Waals surface area contributed by atoms with Crippen LogP contribution in [0.1, 0.15) is 36.3 Å². The molecule has 1 aromatic carbocycles. The van der Waals surface area contributed by atoms with E-state index in [9.17, 15) is 4.79 Å². The minimum absolute atomic E-state index is 0.0186. The minimum atomic E-state index is -0.0186. The summed E-state index contributed by atoms with van der Waals surface area (Å²) >= 11 is 6.15. The van der Waals surface area contributed by atoms with Crippen LogP contribution in [-0.2, 0) is 6.54 Å². The lowest BCUT2D eigenvalue weighted by molar-refractivity contribution is 0.101. The van der Waals surface area contributed by atoms with Crippen molar-refractivity contribution in [2.75, 3.05) is 0 Å². The number of Topliss-reactive ketones (excluding diaryl/α,β-unsaturated/α-hetero) is 1. The smallest absolute Gasteiger partial charge is 0.161 e. The maximum atomic E-state index is 11.4. The van der Waals surface area contributed by atoms with Crippen molar-refractivity contribution in [3.63, 3.8) is 0 Å². The van der Waals surface area contributed by atoms with Gasteiger partial charge in [-0.2, -0.15) is 5.10 Å². The Kier molecular flexibility index (Phi) is 4.05. The number of hydrogen-bond donors (Lipinski definition) is 0. The molecule has 2 rings (SSSR count). The predicted molar refractivity (Wildman–Crippen MR) is 77.7 cm³/mol. The standard InChI is InChI=1S/C15H17ClN2O/c1-4-7-18-10(2)14(9-17-18)12-5-6-13(11(3)19)15(16)8-12/h5-6,8-9H,4,7H2,1-3H3. The first-order valence-electron chi connectivity index (χ1n) is 6.37. The van der Waals surface area contributed by atoms with Crippen molar-refractivity contribution in [1.82, 2.24) is 9.78 Å². The van der Waals surface area contributed by atoms with E-state index in [0.29, 0.717) is 10.6 Å². The van der Waals surface area contributed by atoms with Crippen molar-refractivity contribution in [2.24, 2.45) is 0 Å². The number of halogens is 1. The zero-order valence-electron chi connectivity index (χ0n) is 11.4.